The highest BCUT2D eigenvalue weighted by atomic mass is 16.4. The van der Waals surface area contributed by atoms with Crippen molar-refractivity contribution in [2.75, 3.05) is 7.05 Å². The van der Waals surface area contributed by atoms with E-state index in [-0.39, 0.29) is 6.04 Å². The molecule has 1 fully saturated rings. The lowest BCUT2D eigenvalue weighted by atomic mass is 9.92. The summed E-state index contributed by atoms with van der Waals surface area (Å²) in [5.41, 5.74) is 0. The molecule has 0 aromatic carbocycles. The Morgan fingerprint density at radius 1 is 1.35 bits per heavy atom. The van der Waals surface area contributed by atoms with Gasteiger partial charge >= 0.3 is 12.0 Å². The fourth-order valence-corrected chi connectivity index (χ4v) is 2.04. The molecule has 0 bridgehead atoms. The summed E-state index contributed by atoms with van der Waals surface area (Å²) in [6, 6.07) is -1.60. The fraction of sp³-hybridized carbons (Fsp3) is 0.818. The summed E-state index contributed by atoms with van der Waals surface area (Å²) in [5.74, 6) is -1.07. The molecule has 0 heterocycles. The van der Waals surface area contributed by atoms with E-state index in [9.17, 15) is 14.7 Å². The van der Waals surface area contributed by atoms with Gasteiger partial charge in [-0.1, -0.05) is 12.8 Å². The van der Waals surface area contributed by atoms with E-state index in [1.807, 2.05) is 0 Å². The molecule has 2 unspecified atom stereocenters. The number of carbonyl (C=O) groups excluding carboxylic acids is 1. The number of hydrogen-bond donors (Lipinski definition) is 3. The van der Waals surface area contributed by atoms with Gasteiger partial charge in [0.1, 0.15) is 6.04 Å². The Bertz CT molecular complexity index is 295. The molecule has 1 saturated carbocycles. The van der Waals surface area contributed by atoms with Crippen LogP contribution in [0.5, 0.6) is 0 Å². The number of likely N-dealkylation sites (N-methyl/N-ethyl adjacent to an activating group) is 1. The molecular weight excluding hydrogens is 224 g/mol. The minimum absolute atomic E-state index is 0.218. The Kier molecular flexibility index (Phi) is 4.74. The van der Waals surface area contributed by atoms with E-state index in [2.05, 4.69) is 5.32 Å². The molecule has 17 heavy (non-hydrogen) atoms. The van der Waals surface area contributed by atoms with Gasteiger partial charge in [0.25, 0.3) is 0 Å². The summed E-state index contributed by atoms with van der Waals surface area (Å²) in [6.07, 6.45) is 2.88. The molecule has 0 spiro atoms. The second-order valence-corrected chi connectivity index (χ2v) is 4.54. The largest absolute Gasteiger partial charge is 0.480 e. The molecule has 98 valence electrons. The second-order valence-electron chi connectivity index (χ2n) is 4.54. The van der Waals surface area contributed by atoms with Gasteiger partial charge in [-0.15, -0.1) is 0 Å². The third kappa shape index (κ3) is 3.59. The van der Waals surface area contributed by atoms with Crippen molar-refractivity contribution >= 4 is 12.0 Å². The quantitative estimate of drug-likeness (QED) is 0.670. The Morgan fingerprint density at radius 2 is 1.94 bits per heavy atom. The zero-order valence-corrected chi connectivity index (χ0v) is 10.2. The molecule has 6 nitrogen and oxygen atoms in total. The van der Waals surface area contributed by atoms with Crippen LogP contribution in [0.15, 0.2) is 0 Å². The number of nitrogens with zero attached hydrogens (tertiary/aromatic N) is 1. The summed E-state index contributed by atoms with van der Waals surface area (Å²) in [7, 11) is 1.59. The van der Waals surface area contributed by atoms with Crippen LogP contribution in [-0.2, 0) is 4.79 Å². The SMILES string of the molecule is C[C@@H](NC(=O)N(C)C1CCCCC1O)C(=O)O. The number of aliphatic hydroxyl groups excluding tert-OH is 1. The van der Waals surface area contributed by atoms with Gasteiger partial charge < -0.3 is 20.4 Å². The van der Waals surface area contributed by atoms with Crippen LogP contribution < -0.4 is 5.32 Å². The van der Waals surface area contributed by atoms with Crippen molar-refractivity contribution in [2.45, 2.75) is 50.8 Å². The first-order valence-electron chi connectivity index (χ1n) is 5.87. The lowest BCUT2D eigenvalue weighted by molar-refractivity contribution is -0.138. The van der Waals surface area contributed by atoms with Crippen LogP contribution in [0.25, 0.3) is 0 Å². The van der Waals surface area contributed by atoms with E-state index in [0.29, 0.717) is 6.42 Å². The number of aliphatic carboxylic acids is 1. The van der Waals surface area contributed by atoms with E-state index in [1.165, 1.54) is 11.8 Å². The normalized spacial score (nSPS) is 26.1. The molecule has 3 atom stereocenters. The third-order valence-corrected chi connectivity index (χ3v) is 3.22. The van der Waals surface area contributed by atoms with Crippen LogP contribution in [0.2, 0.25) is 0 Å². The molecule has 3 N–H and O–H groups in total. The van der Waals surface area contributed by atoms with Gasteiger partial charge in [-0.2, -0.15) is 0 Å². The molecule has 6 heteroatoms. The van der Waals surface area contributed by atoms with Crippen molar-refractivity contribution in [2.24, 2.45) is 0 Å². The summed E-state index contributed by atoms with van der Waals surface area (Å²) in [5, 5.41) is 20.9. The minimum Gasteiger partial charge on any atom is -0.480 e. The molecule has 1 rings (SSSR count). The van der Waals surface area contributed by atoms with Gasteiger partial charge in [-0.05, 0) is 19.8 Å². The third-order valence-electron chi connectivity index (χ3n) is 3.22. The van der Waals surface area contributed by atoms with Crippen molar-refractivity contribution in [1.82, 2.24) is 10.2 Å². The predicted octanol–water partition coefficient (Wildman–Crippen LogP) is 0.404. The van der Waals surface area contributed by atoms with Crippen molar-refractivity contribution < 1.29 is 19.8 Å². The molecule has 1 aliphatic rings. The van der Waals surface area contributed by atoms with Gasteiger partial charge in [0, 0.05) is 7.05 Å². The molecule has 1 aliphatic carbocycles. The highest BCUT2D eigenvalue weighted by Crippen LogP contribution is 2.22. The minimum atomic E-state index is -1.07. The Hall–Kier alpha value is -1.30. The first-order chi connectivity index (χ1) is 7.93. The average Bonchev–Trinajstić information content (AvgIpc) is 2.28. The summed E-state index contributed by atoms with van der Waals surface area (Å²) < 4.78 is 0. The molecule has 0 radical (unpaired) electrons. The smallest absolute Gasteiger partial charge is 0.325 e. The zero-order valence-electron chi connectivity index (χ0n) is 10.2. The fourth-order valence-electron chi connectivity index (χ4n) is 2.04. The second kappa shape index (κ2) is 5.86. The Balaban J connectivity index is 2.53. The van der Waals surface area contributed by atoms with E-state index in [4.69, 9.17) is 5.11 Å². The molecule has 0 aliphatic heterocycles. The highest BCUT2D eigenvalue weighted by Gasteiger charge is 2.30. The number of carboxylic acids is 1. The molecule has 0 aromatic heterocycles. The van der Waals surface area contributed by atoms with Crippen molar-refractivity contribution in [3.8, 4) is 0 Å². The predicted molar refractivity (Wildman–Crippen MR) is 61.7 cm³/mol. The van der Waals surface area contributed by atoms with E-state index < -0.39 is 24.1 Å². The Labute approximate surface area is 101 Å². The first kappa shape index (κ1) is 13.8. The maximum Gasteiger partial charge on any atom is 0.325 e. The first-order valence-corrected chi connectivity index (χ1v) is 5.87. The van der Waals surface area contributed by atoms with Crippen molar-refractivity contribution in [3.05, 3.63) is 0 Å². The van der Waals surface area contributed by atoms with E-state index >= 15 is 0 Å². The van der Waals surface area contributed by atoms with Gasteiger partial charge in [0.2, 0.25) is 0 Å². The molecule has 0 aromatic rings. The highest BCUT2D eigenvalue weighted by molar-refractivity contribution is 5.82. The average molecular weight is 244 g/mol. The van der Waals surface area contributed by atoms with E-state index in [0.717, 1.165) is 19.3 Å². The lowest BCUT2D eigenvalue weighted by Gasteiger charge is -2.35. The van der Waals surface area contributed by atoms with Gasteiger partial charge in [-0.25, -0.2) is 4.79 Å². The zero-order chi connectivity index (χ0) is 13.0. The van der Waals surface area contributed by atoms with E-state index in [1.54, 1.807) is 7.05 Å². The van der Waals surface area contributed by atoms with Gasteiger partial charge in [-0.3, -0.25) is 4.79 Å². The van der Waals surface area contributed by atoms with Crippen LogP contribution >= 0.6 is 0 Å². The van der Waals surface area contributed by atoms with Gasteiger partial charge in [0.15, 0.2) is 0 Å². The standard InChI is InChI=1S/C11H20N2O4/c1-7(10(15)16)12-11(17)13(2)8-5-3-4-6-9(8)14/h7-9,14H,3-6H2,1-2H3,(H,12,17)(H,15,16)/t7-,8?,9?/m1/s1. The molecular formula is C11H20N2O4. The summed E-state index contributed by atoms with van der Waals surface area (Å²) in [6.45, 7) is 1.41. The monoisotopic (exact) mass is 244 g/mol. The van der Waals surface area contributed by atoms with Crippen LogP contribution in [-0.4, -0.2) is 52.3 Å². The summed E-state index contributed by atoms with van der Waals surface area (Å²) in [4.78, 5) is 23.8. The number of rotatable bonds is 3. The number of carboxylic acid groups (broad SMARTS) is 1. The number of carbonyl (C=O) groups is 2. The topological polar surface area (TPSA) is 89.9 Å². The number of nitrogens with one attached hydrogen (secondary N) is 1. The van der Waals surface area contributed by atoms with Crippen LogP contribution in [0.1, 0.15) is 32.6 Å². The summed E-state index contributed by atoms with van der Waals surface area (Å²) >= 11 is 0. The maximum absolute atomic E-state index is 11.7. The van der Waals surface area contributed by atoms with Crippen LogP contribution in [0.3, 0.4) is 0 Å². The molecule has 0 saturated heterocycles. The number of hydrogen-bond acceptors (Lipinski definition) is 3. The van der Waals surface area contributed by atoms with Crippen molar-refractivity contribution in [3.63, 3.8) is 0 Å². The van der Waals surface area contributed by atoms with Crippen LogP contribution in [0.4, 0.5) is 4.79 Å². The van der Waals surface area contributed by atoms with Crippen LogP contribution in [0, 0.1) is 0 Å². The Morgan fingerprint density at radius 3 is 2.47 bits per heavy atom. The number of aliphatic hydroxyl groups is 1. The number of urea groups is 1. The maximum atomic E-state index is 11.7. The molecule has 2 amide bonds. The lowest BCUT2D eigenvalue weighted by Crippen LogP contribution is -2.52. The van der Waals surface area contributed by atoms with Gasteiger partial charge in [0.05, 0.1) is 12.1 Å². The number of amides is 2. The van der Waals surface area contributed by atoms with Crippen molar-refractivity contribution in [1.29, 1.82) is 0 Å².